The molecule has 1 heterocycles. The molecule has 0 bridgehead atoms. The second-order valence-electron chi connectivity index (χ2n) is 3.69. The van der Waals surface area contributed by atoms with Crippen molar-refractivity contribution in [2.24, 2.45) is 5.73 Å². The fraction of sp³-hybridized carbons (Fsp3) is 0.154. The zero-order valence-electron chi connectivity index (χ0n) is 9.48. The molecule has 2 aromatic rings. The van der Waals surface area contributed by atoms with Gasteiger partial charge < -0.3 is 10.5 Å². The van der Waals surface area contributed by atoms with Crippen LogP contribution in [0, 0.1) is 12.7 Å². The predicted octanol–water partition coefficient (Wildman–Crippen LogP) is 2.78. The molecule has 2 rings (SSSR count). The van der Waals surface area contributed by atoms with E-state index in [-0.39, 0.29) is 5.75 Å². The molecule has 2 N–H and O–H groups in total. The second kappa shape index (κ2) is 4.93. The Morgan fingerprint density at radius 1 is 1.29 bits per heavy atom. The Morgan fingerprint density at radius 2 is 2.12 bits per heavy atom. The molecule has 3 nitrogen and oxygen atoms in total. The van der Waals surface area contributed by atoms with Crippen LogP contribution in [0.1, 0.15) is 11.3 Å². The van der Waals surface area contributed by atoms with Crippen LogP contribution in [0.4, 0.5) is 4.39 Å². The summed E-state index contributed by atoms with van der Waals surface area (Å²) in [6, 6.07) is 9.99. The van der Waals surface area contributed by atoms with Crippen molar-refractivity contribution < 1.29 is 9.13 Å². The first-order chi connectivity index (χ1) is 8.19. The number of aromatic nitrogens is 1. The Balaban J connectivity index is 2.24. The number of ether oxygens (including phenoxy) is 1. The molecule has 0 aliphatic heterocycles. The van der Waals surface area contributed by atoms with Crippen molar-refractivity contribution in [3.8, 4) is 11.6 Å². The summed E-state index contributed by atoms with van der Waals surface area (Å²) in [6.45, 7) is 2.15. The lowest BCUT2D eigenvalue weighted by Gasteiger charge is -2.07. The van der Waals surface area contributed by atoms with Crippen LogP contribution in [-0.2, 0) is 6.54 Å². The maximum atomic E-state index is 13.6. The summed E-state index contributed by atoms with van der Waals surface area (Å²) in [7, 11) is 0. The molecule has 0 aliphatic rings. The normalized spacial score (nSPS) is 10.3. The number of halogens is 1. The van der Waals surface area contributed by atoms with E-state index in [1.807, 2.05) is 19.1 Å². The highest BCUT2D eigenvalue weighted by Gasteiger charge is 2.06. The van der Waals surface area contributed by atoms with Gasteiger partial charge in [-0.3, -0.25) is 0 Å². The van der Waals surface area contributed by atoms with Gasteiger partial charge in [-0.1, -0.05) is 12.1 Å². The van der Waals surface area contributed by atoms with Gasteiger partial charge in [0.2, 0.25) is 5.88 Å². The summed E-state index contributed by atoms with van der Waals surface area (Å²) in [6.07, 6.45) is 0. The molecule has 0 atom stereocenters. The van der Waals surface area contributed by atoms with E-state index in [9.17, 15) is 4.39 Å². The third kappa shape index (κ3) is 2.79. The van der Waals surface area contributed by atoms with E-state index in [1.165, 1.54) is 6.07 Å². The number of aryl methyl sites for hydroxylation is 1. The molecular weight excluding hydrogens is 219 g/mol. The van der Waals surface area contributed by atoms with E-state index < -0.39 is 5.82 Å². The zero-order chi connectivity index (χ0) is 12.3. The molecule has 0 unspecified atom stereocenters. The van der Waals surface area contributed by atoms with Gasteiger partial charge in [-0.25, -0.2) is 9.37 Å². The number of hydrogen-bond acceptors (Lipinski definition) is 3. The van der Waals surface area contributed by atoms with Crippen LogP contribution < -0.4 is 10.5 Å². The van der Waals surface area contributed by atoms with Crippen molar-refractivity contribution in [2.75, 3.05) is 0 Å². The first-order valence-electron chi connectivity index (χ1n) is 5.29. The maximum Gasteiger partial charge on any atom is 0.219 e. The van der Waals surface area contributed by atoms with Gasteiger partial charge in [-0.15, -0.1) is 0 Å². The number of hydrogen-bond donors (Lipinski definition) is 1. The Bertz CT molecular complexity index is 529. The Labute approximate surface area is 99.1 Å². The molecule has 88 valence electrons. The van der Waals surface area contributed by atoms with Crippen molar-refractivity contribution >= 4 is 0 Å². The minimum Gasteiger partial charge on any atom is -0.436 e. The molecule has 0 aliphatic carbocycles. The van der Waals surface area contributed by atoms with Gasteiger partial charge in [0.1, 0.15) is 0 Å². The first kappa shape index (κ1) is 11.5. The third-order valence-electron chi connectivity index (χ3n) is 2.31. The summed E-state index contributed by atoms with van der Waals surface area (Å²) in [5, 5.41) is 0. The molecule has 17 heavy (non-hydrogen) atoms. The maximum absolute atomic E-state index is 13.6. The molecule has 1 aromatic heterocycles. The van der Waals surface area contributed by atoms with E-state index in [1.54, 1.807) is 18.2 Å². The van der Waals surface area contributed by atoms with Crippen molar-refractivity contribution in [1.29, 1.82) is 0 Å². The topological polar surface area (TPSA) is 48.1 Å². The fourth-order valence-corrected chi connectivity index (χ4v) is 1.44. The standard InChI is InChI=1S/C13H13FN2O/c1-9-3-2-4-13(16-9)17-12-6-5-10(8-15)7-11(12)14/h2-7H,8,15H2,1H3. The molecule has 0 amide bonds. The molecule has 4 heteroatoms. The fourth-order valence-electron chi connectivity index (χ4n) is 1.44. The highest BCUT2D eigenvalue weighted by atomic mass is 19.1. The van der Waals surface area contributed by atoms with Crippen molar-refractivity contribution in [2.45, 2.75) is 13.5 Å². The van der Waals surface area contributed by atoms with Crippen LogP contribution in [0.2, 0.25) is 0 Å². The predicted molar refractivity (Wildman–Crippen MR) is 63.3 cm³/mol. The summed E-state index contributed by atoms with van der Waals surface area (Å²) in [5.74, 6) is 0.0981. The minimum atomic E-state index is -0.434. The highest BCUT2D eigenvalue weighted by Crippen LogP contribution is 2.23. The molecule has 0 saturated heterocycles. The average molecular weight is 232 g/mol. The number of nitrogens with zero attached hydrogens (tertiary/aromatic N) is 1. The van der Waals surface area contributed by atoms with Crippen molar-refractivity contribution in [3.05, 3.63) is 53.5 Å². The van der Waals surface area contributed by atoms with E-state index >= 15 is 0 Å². The van der Waals surface area contributed by atoms with Crippen LogP contribution in [0.25, 0.3) is 0 Å². The lowest BCUT2D eigenvalue weighted by atomic mass is 10.2. The van der Waals surface area contributed by atoms with E-state index in [0.29, 0.717) is 12.4 Å². The first-order valence-corrected chi connectivity index (χ1v) is 5.29. The zero-order valence-corrected chi connectivity index (χ0v) is 9.48. The van der Waals surface area contributed by atoms with Gasteiger partial charge in [0, 0.05) is 18.3 Å². The van der Waals surface area contributed by atoms with Gasteiger partial charge in [0.15, 0.2) is 11.6 Å². The second-order valence-corrected chi connectivity index (χ2v) is 3.69. The van der Waals surface area contributed by atoms with E-state index in [0.717, 1.165) is 11.3 Å². The Hall–Kier alpha value is -1.94. The smallest absolute Gasteiger partial charge is 0.219 e. The van der Waals surface area contributed by atoms with Crippen LogP contribution in [-0.4, -0.2) is 4.98 Å². The number of benzene rings is 1. The number of pyridine rings is 1. The van der Waals surface area contributed by atoms with Gasteiger partial charge in [0.05, 0.1) is 0 Å². The Kier molecular flexibility index (Phi) is 3.35. The molecule has 0 radical (unpaired) electrons. The quantitative estimate of drug-likeness (QED) is 0.885. The number of nitrogens with two attached hydrogens (primary N) is 1. The lowest BCUT2D eigenvalue weighted by Crippen LogP contribution is -1.98. The lowest BCUT2D eigenvalue weighted by molar-refractivity contribution is 0.426. The molecule has 0 fully saturated rings. The largest absolute Gasteiger partial charge is 0.436 e. The van der Waals surface area contributed by atoms with Gasteiger partial charge in [-0.2, -0.15) is 0 Å². The summed E-state index contributed by atoms with van der Waals surface area (Å²) >= 11 is 0. The Morgan fingerprint density at radius 3 is 2.76 bits per heavy atom. The number of rotatable bonds is 3. The van der Waals surface area contributed by atoms with E-state index in [4.69, 9.17) is 10.5 Å². The van der Waals surface area contributed by atoms with Crippen LogP contribution >= 0.6 is 0 Å². The minimum absolute atomic E-state index is 0.153. The monoisotopic (exact) mass is 232 g/mol. The van der Waals surface area contributed by atoms with Crippen molar-refractivity contribution in [1.82, 2.24) is 4.98 Å². The summed E-state index contributed by atoms with van der Waals surface area (Å²) in [4.78, 5) is 4.14. The molecular formula is C13H13FN2O. The van der Waals surface area contributed by atoms with E-state index in [2.05, 4.69) is 4.98 Å². The van der Waals surface area contributed by atoms with Crippen LogP contribution in [0.3, 0.4) is 0 Å². The SMILES string of the molecule is Cc1cccc(Oc2ccc(CN)cc2F)n1. The highest BCUT2D eigenvalue weighted by molar-refractivity contribution is 5.32. The summed E-state index contributed by atoms with van der Waals surface area (Å²) < 4.78 is 19.0. The summed E-state index contributed by atoms with van der Waals surface area (Å²) in [5.41, 5.74) is 6.97. The van der Waals surface area contributed by atoms with Crippen LogP contribution in [0.5, 0.6) is 11.6 Å². The van der Waals surface area contributed by atoms with Gasteiger partial charge >= 0.3 is 0 Å². The third-order valence-corrected chi connectivity index (χ3v) is 2.31. The molecule has 0 saturated carbocycles. The van der Waals surface area contributed by atoms with Gasteiger partial charge in [-0.05, 0) is 30.7 Å². The molecule has 0 spiro atoms. The van der Waals surface area contributed by atoms with Crippen molar-refractivity contribution in [3.63, 3.8) is 0 Å². The van der Waals surface area contributed by atoms with Gasteiger partial charge in [0.25, 0.3) is 0 Å². The average Bonchev–Trinajstić information content (AvgIpc) is 2.32. The van der Waals surface area contributed by atoms with Crippen LogP contribution in [0.15, 0.2) is 36.4 Å². The molecule has 1 aromatic carbocycles.